The van der Waals surface area contributed by atoms with Gasteiger partial charge in [0.1, 0.15) is 12.2 Å². The van der Waals surface area contributed by atoms with E-state index in [-0.39, 0.29) is 11.6 Å². The molecule has 0 saturated heterocycles. The largest absolute Gasteiger partial charge is 0.399 e. The molecule has 1 nitrogen and oxygen atoms in total. The Morgan fingerprint density at radius 2 is 2.00 bits per heavy atom. The summed E-state index contributed by atoms with van der Waals surface area (Å²) < 4.78 is 34.4. The molecule has 0 heterocycles. The van der Waals surface area contributed by atoms with Crippen molar-refractivity contribution in [3.05, 3.63) is 0 Å². The topological polar surface area (TPSA) is 17.1 Å². The Labute approximate surface area is 58.4 Å². The zero-order valence-corrected chi connectivity index (χ0v) is 5.87. The molecule has 5 heteroatoms. The third kappa shape index (κ3) is 2.84. The van der Waals surface area contributed by atoms with Crippen molar-refractivity contribution >= 4 is 22.2 Å². The summed E-state index contributed by atoms with van der Waals surface area (Å²) in [5, 5.41) is -0.361. The van der Waals surface area contributed by atoms with Crippen LogP contribution in [0.2, 0.25) is 0 Å². The van der Waals surface area contributed by atoms with Gasteiger partial charge in [-0.1, -0.05) is 15.9 Å². The van der Waals surface area contributed by atoms with E-state index in [1.54, 1.807) is 0 Å². The summed E-state index contributed by atoms with van der Waals surface area (Å²) in [5.74, 6) is -1.86. The molecule has 54 valence electrons. The number of hydrogen-bond acceptors (Lipinski definition) is 1. The molecule has 0 bridgehead atoms. The highest BCUT2D eigenvalue weighted by Gasteiger charge is 2.38. The number of halogens is 4. The van der Waals surface area contributed by atoms with E-state index < -0.39 is 12.1 Å². The minimum Gasteiger partial charge on any atom is -0.303 e. The Kier molecular flexibility index (Phi) is 3.17. The molecule has 1 atom stereocenters. The molecule has 0 saturated carbocycles. The maximum Gasteiger partial charge on any atom is 0.399 e. The lowest BCUT2D eigenvalue weighted by Gasteiger charge is -2.09. The number of carbonyl (C=O) groups is 1. The maximum absolute atomic E-state index is 11.5. The van der Waals surface area contributed by atoms with E-state index in [2.05, 4.69) is 15.9 Å². The van der Waals surface area contributed by atoms with Gasteiger partial charge >= 0.3 is 6.18 Å². The molecule has 0 aliphatic carbocycles. The molecule has 0 aromatic carbocycles. The van der Waals surface area contributed by atoms with Crippen molar-refractivity contribution in [2.24, 2.45) is 5.92 Å². The molecule has 0 radical (unpaired) electrons. The second-order valence-electron chi connectivity index (χ2n) is 1.44. The fourth-order valence-corrected chi connectivity index (χ4v) is 0.721. The zero-order chi connectivity index (χ0) is 7.49. The monoisotopic (exact) mass is 204 g/mol. The highest BCUT2D eigenvalue weighted by atomic mass is 79.9. The van der Waals surface area contributed by atoms with Crippen LogP contribution in [-0.2, 0) is 4.79 Å². The predicted octanol–water partition coefficient (Wildman–Crippen LogP) is 1.76. The molecule has 0 aliphatic rings. The van der Waals surface area contributed by atoms with Crippen molar-refractivity contribution in [3.8, 4) is 0 Å². The summed E-state index contributed by atoms with van der Waals surface area (Å²) in [6.45, 7) is 0. The third-order valence-electron chi connectivity index (χ3n) is 0.751. The lowest BCUT2D eigenvalue weighted by molar-refractivity contribution is -0.168. The first-order chi connectivity index (χ1) is 4.02. The van der Waals surface area contributed by atoms with E-state index in [9.17, 15) is 18.0 Å². The summed E-state index contributed by atoms with van der Waals surface area (Å²) in [4.78, 5) is 9.63. The van der Waals surface area contributed by atoms with E-state index in [0.29, 0.717) is 0 Å². The molecule has 0 spiro atoms. The zero-order valence-electron chi connectivity index (χ0n) is 4.28. The van der Waals surface area contributed by atoms with Gasteiger partial charge in [0.2, 0.25) is 0 Å². The van der Waals surface area contributed by atoms with Crippen molar-refractivity contribution in [2.45, 2.75) is 6.18 Å². The summed E-state index contributed by atoms with van der Waals surface area (Å²) in [6, 6.07) is 0. The van der Waals surface area contributed by atoms with Gasteiger partial charge in [0.15, 0.2) is 0 Å². The van der Waals surface area contributed by atoms with E-state index >= 15 is 0 Å². The summed E-state index contributed by atoms with van der Waals surface area (Å²) in [5.41, 5.74) is 0. The van der Waals surface area contributed by atoms with Crippen LogP contribution in [-0.4, -0.2) is 17.8 Å². The van der Waals surface area contributed by atoms with Crippen molar-refractivity contribution in [3.63, 3.8) is 0 Å². The number of carbonyl (C=O) groups excluding carboxylic acids is 1. The molecular formula is C4H4BrF3O. The number of aldehydes is 1. The quantitative estimate of drug-likeness (QED) is 0.495. The first-order valence-corrected chi connectivity index (χ1v) is 3.22. The van der Waals surface area contributed by atoms with Crippen LogP contribution in [0.5, 0.6) is 0 Å². The molecule has 9 heavy (non-hydrogen) atoms. The van der Waals surface area contributed by atoms with Crippen LogP contribution in [0, 0.1) is 5.92 Å². The van der Waals surface area contributed by atoms with Gasteiger partial charge in [-0.3, -0.25) is 0 Å². The third-order valence-corrected chi connectivity index (χ3v) is 1.45. The number of hydrogen-bond donors (Lipinski definition) is 0. The van der Waals surface area contributed by atoms with Crippen molar-refractivity contribution in [1.29, 1.82) is 0 Å². The molecule has 1 unspecified atom stereocenters. The minimum absolute atomic E-state index is 0.116. The van der Waals surface area contributed by atoms with Crippen LogP contribution in [0.4, 0.5) is 13.2 Å². The van der Waals surface area contributed by atoms with Crippen molar-refractivity contribution < 1.29 is 18.0 Å². The van der Waals surface area contributed by atoms with E-state index in [4.69, 9.17) is 0 Å². The normalized spacial score (nSPS) is 15.1. The van der Waals surface area contributed by atoms with Crippen LogP contribution in [0.25, 0.3) is 0 Å². The van der Waals surface area contributed by atoms with Crippen molar-refractivity contribution in [2.75, 3.05) is 5.33 Å². The van der Waals surface area contributed by atoms with Crippen LogP contribution in [0.1, 0.15) is 0 Å². The fourth-order valence-electron chi connectivity index (χ4n) is 0.201. The molecule has 0 N–H and O–H groups in total. The van der Waals surface area contributed by atoms with Gasteiger partial charge in [0.25, 0.3) is 0 Å². The predicted molar refractivity (Wildman–Crippen MR) is 29.4 cm³/mol. The smallest absolute Gasteiger partial charge is 0.303 e. The highest BCUT2D eigenvalue weighted by molar-refractivity contribution is 9.09. The lowest BCUT2D eigenvalue weighted by atomic mass is 10.2. The van der Waals surface area contributed by atoms with Crippen LogP contribution < -0.4 is 0 Å². The van der Waals surface area contributed by atoms with Gasteiger partial charge in [-0.25, -0.2) is 0 Å². The van der Waals surface area contributed by atoms with Gasteiger partial charge in [0.05, 0.1) is 0 Å². The Morgan fingerprint density at radius 3 is 2.00 bits per heavy atom. The molecule has 0 aliphatic heterocycles. The Balaban J connectivity index is 3.94. The van der Waals surface area contributed by atoms with Crippen LogP contribution in [0.15, 0.2) is 0 Å². The Hall–Kier alpha value is -0.0600. The first kappa shape index (κ1) is 8.94. The Morgan fingerprint density at radius 1 is 1.56 bits per heavy atom. The SMILES string of the molecule is O=CC(CBr)C(F)(F)F. The standard InChI is InChI=1S/C4H4BrF3O/c5-1-3(2-9)4(6,7)8/h2-3H,1H2. The lowest BCUT2D eigenvalue weighted by Crippen LogP contribution is -2.25. The second-order valence-corrected chi connectivity index (χ2v) is 2.09. The average molecular weight is 205 g/mol. The molecule has 0 rings (SSSR count). The molecular weight excluding hydrogens is 201 g/mol. The molecule has 0 aromatic rings. The number of alkyl halides is 4. The van der Waals surface area contributed by atoms with Crippen LogP contribution >= 0.6 is 15.9 Å². The van der Waals surface area contributed by atoms with Crippen LogP contribution in [0.3, 0.4) is 0 Å². The van der Waals surface area contributed by atoms with Gasteiger partial charge in [0, 0.05) is 5.33 Å². The fraction of sp³-hybridized carbons (Fsp3) is 0.750. The van der Waals surface area contributed by atoms with Gasteiger partial charge in [-0.2, -0.15) is 13.2 Å². The highest BCUT2D eigenvalue weighted by Crippen LogP contribution is 2.25. The molecule has 0 fully saturated rings. The van der Waals surface area contributed by atoms with Gasteiger partial charge in [-0.15, -0.1) is 0 Å². The van der Waals surface area contributed by atoms with E-state index in [1.807, 2.05) is 0 Å². The first-order valence-electron chi connectivity index (χ1n) is 2.10. The Bertz CT molecular complexity index is 100. The second kappa shape index (κ2) is 3.20. The van der Waals surface area contributed by atoms with Gasteiger partial charge in [-0.05, 0) is 0 Å². The molecule has 0 amide bonds. The maximum atomic E-state index is 11.5. The summed E-state index contributed by atoms with van der Waals surface area (Å²) >= 11 is 2.56. The minimum atomic E-state index is -4.40. The van der Waals surface area contributed by atoms with E-state index in [1.165, 1.54) is 0 Å². The van der Waals surface area contributed by atoms with Gasteiger partial charge < -0.3 is 4.79 Å². The van der Waals surface area contributed by atoms with Crippen molar-refractivity contribution in [1.82, 2.24) is 0 Å². The summed E-state index contributed by atoms with van der Waals surface area (Å²) in [7, 11) is 0. The summed E-state index contributed by atoms with van der Waals surface area (Å²) in [6.07, 6.45) is -4.51. The average Bonchev–Trinajstić information content (AvgIpc) is 1.65. The van der Waals surface area contributed by atoms with E-state index in [0.717, 1.165) is 0 Å². The molecule has 0 aromatic heterocycles. The number of rotatable bonds is 2.